The van der Waals surface area contributed by atoms with Crippen LogP contribution in [0.15, 0.2) is 29.2 Å². The molecule has 0 aliphatic carbocycles. The van der Waals surface area contributed by atoms with Crippen molar-refractivity contribution >= 4 is 27.5 Å². The highest BCUT2D eigenvalue weighted by atomic mass is 35.5. The van der Waals surface area contributed by atoms with Crippen molar-refractivity contribution < 1.29 is 13.2 Å². The van der Waals surface area contributed by atoms with E-state index in [4.69, 9.17) is 11.6 Å². The van der Waals surface area contributed by atoms with Gasteiger partial charge in [0.2, 0.25) is 15.9 Å². The first-order valence-electron chi connectivity index (χ1n) is 7.81. The molecule has 0 aromatic heterocycles. The minimum Gasteiger partial charge on any atom is -0.352 e. The van der Waals surface area contributed by atoms with E-state index in [1.165, 1.54) is 16.4 Å². The van der Waals surface area contributed by atoms with Crippen molar-refractivity contribution in [3.05, 3.63) is 29.3 Å². The number of sulfonamides is 1. The van der Waals surface area contributed by atoms with Gasteiger partial charge in [-0.3, -0.25) is 4.79 Å². The standard InChI is InChI=1S/C16H23ClN2O3S/c1-11(2)12(3)18-16(20)15-5-4-10-19(15)23(21,22)14-8-6-13(17)7-9-14/h6-9,11-12,15H,4-5,10H2,1-3H3,(H,18,20)/t12-,15+/m1/s1. The summed E-state index contributed by atoms with van der Waals surface area (Å²) in [5, 5.41) is 3.40. The number of rotatable bonds is 5. The van der Waals surface area contributed by atoms with E-state index in [1.807, 2.05) is 20.8 Å². The van der Waals surface area contributed by atoms with E-state index in [1.54, 1.807) is 12.1 Å². The third-order valence-corrected chi connectivity index (χ3v) is 6.47. The van der Waals surface area contributed by atoms with Gasteiger partial charge in [0, 0.05) is 17.6 Å². The number of nitrogens with zero attached hydrogens (tertiary/aromatic N) is 1. The van der Waals surface area contributed by atoms with E-state index < -0.39 is 16.1 Å². The molecule has 1 amide bonds. The third kappa shape index (κ3) is 4.05. The quantitative estimate of drug-likeness (QED) is 0.879. The lowest BCUT2D eigenvalue weighted by Crippen LogP contribution is -2.49. The second kappa shape index (κ2) is 7.20. The van der Waals surface area contributed by atoms with E-state index in [-0.39, 0.29) is 16.8 Å². The SMILES string of the molecule is CC(C)[C@@H](C)NC(=O)[C@@H]1CCCN1S(=O)(=O)c1ccc(Cl)cc1. The molecule has 2 atom stereocenters. The van der Waals surface area contributed by atoms with Gasteiger partial charge < -0.3 is 5.32 Å². The van der Waals surface area contributed by atoms with Crippen LogP contribution in [0.1, 0.15) is 33.6 Å². The Bertz CT molecular complexity index is 658. The Morgan fingerprint density at radius 3 is 2.43 bits per heavy atom. The van der Waals surface area contributed by atoms with Crippen molar-refractivity contribution in [1.82, 2.24) is 9.62 Å². The first-order valence-corrected chi connectivity index (χ1v) is 9.63. The van der Waals surface area contributed by atoms with E-state index in [0.29, 0.717) is 30.3 Å². The first-order chi connectivity index (χ1) is 10.7. The van der Waals surface area contributed by atoms with Crippen LogP contribution in [0.25, 0.3) is 0 Å². The first kappa shape index (κ1) is 18.2. The molecule has 0 radical (unpaired) electrons. The van der Waals surface area contributed by atoms with Crippen LogP contribution < -0.4 is 5.32 Å². The second-order valence-corrected chi connectivity index (χ2v) is 8.60. The summed E-state index contributed by atoms with van der Waals surface area (Å²) in [5.74, 6) is 0.0721. The summed E-state index contributed by atoms with van der Waals surface area (Å²) in [6.45, 7) is 6.32. The van der Waals surface area contributed by atoms with Crippen molar-refractivity contribution in [2.45, 2.75) is 50.6 Å². The Labute approximate surface area is 143 Å². The van der Waals surface area contributed by atoms with Gasteiger partial charge >= 0.3 is 0 Å². The molecule has 1 heterocycles. The zero-order valence-corrected chi connectivity index (χ0v) is 15.2. The van der Waals surface area contributed by atoms with Crippen LogP contribution >= 0.6 is 11.6 Å². The predicted molar refractivity (Wildman–Crippen MR) is 90.8 cm³/mol. The number of amides is 1. The molecule has 1 fully saturated rings. The Balaban J connectivity index is 2.20. The predicted octanol–water partition coefficient (Wildman–Crippen LogP) is 2.65. The van der Waals surface area contributed by atoms with Crippen LogP contribution in [0.5, 0.6) is 0 Å². The van der Waals surface area contributed by atoms with Gasteiger partial charge in [-0.25, -0.2) is 8.42 Å². The largest absolute Gasteiger partial charge is 0.352 e. The smallest absolute Gasteiger partial charge is 0.243 e. The van der Waals surface area contributed by atoms with Crippen molar-refractivity contribution in [2.75, 3.05) is 6.54 Å². The average Bonchev–Trinajstić information content (AvgIpc) is 2.97. The Morgan fingerprint density at radius 2 is 1.87 bits per heavy atom. The molecule has 1 aromatic rings. The minimum absolute atomic E-state index is 0.00295. The maximum atomic E-state index is 12.8. The molecule has 0 saturated carbocycles. The molecule has 2 rings (SSSR count). The van der Waals surface area contributed by atoms with Crippen molar-refractivity contribution in [2.24, 2.45) is 5.92 Å². The molecule has 0 unspecified atom stereocenters. The monoisotopic (exact) mass is 358 g/mol. The van der Waals surface area contributed by atoms with Crippen LogP contribution in [0, 0.1) is 5.92 Å². The molecule has 0 spiro atoms. The molecule has 1 aliphatic heterocycles. The molecule has 128 valence electrons. The highest BCUT2D eigenvalue weighted by Gasteiger charge is 2.39. The van der Waals surface area contributed by atoms with E-state index in [2.05, 4.69) is 5.32 Å². The number of hydrogen-bond acceptors (Lipinski definition) is 3. The van der Waals surface area contributed by atoms with Gasteiger partial charge in [-0.2, -0.15) is 4.31 Å². The number of hydrogen-bond donors (Lipinski definition) is 1. The maximum Gasteiger partial charge on any atom is 0.243 e. The topological polar surface area (TPSA) is 66.5 Å². The minimum atomic E-state index is -3.69. The molecule has 1 N–H and O–H groups in total. The van der Waals surface area contributed by atoms with Crippen molar-refractivity contribution in [3.63, 3.8) is 0 Å². The summed E-state index contributed by atoms with van der Waals surface area (Å²) >= 11 is 5.81. The molecule has 1 saturated heterocycles. The summed E-state index contributed by atoms with van der Waals surface area (Å²) in [5.41, 5.74) is 0. The lowest BCUT2D eigenvalue weighted by atomic mass is 10.1. The molecule has 7 heteroatoms. The van der Waals surface area contributed by atoms with Gasteiger partial charge in [-0.1, -0.05) is 25.4 Å². The molecule has 0 bridgehead atoms. The zero-order chi connectivity index (χ0) is 17.2. The number of carbonyl (C=O) groups is 1. The fourth-order valence-electron chi connectivity index (χ4n) is 2.52. The van der Waals surface area contributed by atoms with E-state index in [9.17, 15) is 13.2 Å². The van der Waals surface area contributed by atoms with Gasteiger partial charge in [0.1, 0.15) is 6.04 Å². The fourth-order valence-corrected chi connectivity index (χ4v) is 4.30. The third-order valence-electron chi connectivity index (χ3n) is 4.30. The summed E-state index contributed by atoms with van der Waals surface area (Å²) in [6, 6.07) is 5.39. The summed E-state index contributed by atoms with van der Waals surface area (Å²) < 4.78 is 26.9. The number of carbonyl (C=O) groups excluding carboxylic acids is 1. The number of benzene rings is 1. The fraction of sp³-hybridized carbons (Fsp3) is 0.562. The number of nitrogens with one attached hydrogen (secondary N) is 1. The normalized spacial score (nSPS) is 20.7. The molecule has 1 aliphatic rings. The lowest BCUT2D eigenvalue weighted by Gasteiger charge is -2.26. The Hall–Kier alpha value is -1.11. The van der Waals surface area contributed by atoms with Crippen LogP contribution in [0.4, 0.5) is 0 Å². The molecular weight excluding hydrogens is 336 g/mol. The van der Waals surface area contributed by atoms with Crippen molar-refractivity contribution in [1.29, 1.82) is 0 Å². The van der Waals surface area contributed by atoms with Crippen molar-refractivity contribution in [3.8, 4) is 0 Å². The van der Waals surface area contributed by atoms with Gasteiger partial charge in [0.25, 0.3) is 0 Å². The molecular formula is C16H23ClN2O3S. The molecule has 1 aromatic carbocycles. The van der Waals surface area contributed by atoms with Gasteiger partial charge in [-0.15, -0.1) is 0 Å². The van der Waals surface area contributed by atoms with Gasteiger partial charge in [-0.05, 0) is 49.9 Å². The second-order valence-electron chi connectivity index (χ2n) is 6.27. The maximum absolute atomic E-state index is 12.8. The average molecular weight is 359 g/mol. The van der Waals surface area contributed by atoms with Crippen LogP contribution in [-0.2, 0) is 14.8 Å². The zero-order valence-electron chi connectivity index (χ0n) is 13.6. The summed E-state index contributed by atoms with van der Waals surface area (Å²) in [7, 11) is -3.69. The van der Waals surface area contributed by atoms with Crippen LogP contribution in [0.2, 0.25) is 5.02 Å². The molecule has 23 heavy (non-hydrogen) atoms. The highest BCUT2D eigenvalue weighted by Crippen LogP contribution is 2.27. The Morgan fingerprint density at radius 1 is 1.26 bits per heavy atom. The van der Waals surface area contributed by atoms with Gasteiger partial charge in [0.05, 0.1) is 4.90 Å². The summed E-state index contributed by atoms with van der Waals surface area (Å²) in [4.78, 5) is 12.6. The van der Waals surface area contributed by atoms with Crippen LogP contribution in [-0.4, -0.2) is 37.3 Å². The lowest BCUT2D eigenvalue weighted by molar-refractivity contribution is -0.125. The number of halogens is 1. The van der Waals surface area contributed by atoms with E-state index >= 15 is 0 Å². The Kier molecular flexibility index (Phi) is 5.70. The van der Waals surface area contributed by atoms with E-state index in [0.717, 1.165) is 0 Å². The van der Waals surface area contributed by atoms with Crippen LogP contribution in [0.3, 0.4) is 0 Å². The molecule has 5 nitrogen and oxygen atoms in total. The highest BCUT2D eigenvalue weighted by molar-refractivity contribution is 7.89. The summed E-state index contributed by atoms with van der Waals surface area (Å²) in [6.07, 6.45) is 1.23. The van der Waals surface area contributed by atoms with Gasteiger partial charge in [0.15, 0.2) is 0 Å².